The molecule has 0 fully saturated rings. The maximum Gasteiger partial charge on any atom is 0.336 e. The fourth-order valence-electron chi connectivity index (χ4n) is 1.56. The van der Waals surface area contributed by atoms with E-state index in [0.29, 0.717) is 5.56 Å². The number of hydrogen-bond donors (Lipinski definition) is 2. The number of nitrogens with one attached hydrogen (secondary N) is 1. The van der Waals surface area contributed by atoms with Crippen LogP contribution in [0.4, 0.5) is 0 Å². The molecule has 0 unspecified atom stereocenters. The Morgan fingerprint density at radius 2 is 2.25 bits per heavy atom. The van der Waals surface area contributed by atoms with Crippen LogP contribution in [-0.4, -0.2) is 24.7 Å². The molecule has 0 amide bonds. The van der Waals surface area contributed by atoms with Gasteiger partial charge in [0.15, 0.2) is 0 Å². The Balaban J connectivity index is 2.91. The van der Waals surface area contributed by atoms with Gasteiger partial charge in [0, 0.05) is 0 Å². The van der Waals surface area contributed by atoms with Crippen molar-refractivity contribution in [2.24, 2.45) is 0 Å². The van der Waals surface area contributed by atoms with E-state index in [1.54, 1.807) is 0 Å². The molecule has 3 nitrogen and oxygen atoms in total. The van der Waals surface area contributed by atoms with Gasteiger partial charge in [-0.15, -0.1) is 0 Å². The van der Waals surface area contributed by atoms with Crippen molar-refractivity contribution in [3.05, 3.63) is 41.0 Å². The van der Waals surface area contributed by atoms with Gasteiger partial charge in [0.25, 0.3) is 0 Å². The lowest BCUT2D eigenvalue weighted by atomic mass is 10.0. The summed E-state index contributed by atoms with van der Waals surface area (Å²) in [6.07, 6.45) is 4.75. The average Bonchev–Trinajstić information content (AvgIpc) is 2.24. The lowest BCUT2D eigenvalue weighted by Gasteiger charge is -2.04. The van der Waals surface area contributed by atoms with Gasteiger partial charge in [-0.3, -0.25) is 0 Å². The molecule has 0 saturated heterocycles. The zero-order chi connectivity index (χ0) is 12.0. The number of aromatic carboxylic acids is 1. The summed E-state index contributed by atoms with van der Waals surface area (Å²) in [7, 11) is 1.89. The predicted octanol–water partition coefficient (Wildman–Crippen LogP) is 2.32. The first kappa shape index (κ1) is 12.5. The lowest BCUT2D eigenvalue weighted by molar-refractivity contribution is 0.0696. The van der Waals surface area contributed by atoms with Crippen molar-refractivity contribution in [3.63, 3.8) is 0 Å². The van der Waals surface area contributed by atoms with Gasteiger partial charge in [0.2, 0.25) is 0 Å². The third-order valence-electron chi connectivity index (χ3n) is 2.38. The van der Waals surface area contributed by atoms with Gasteiger partial charge in [0.05, 0.1) is 5.56 Å². The molecule has 0 aliphatic rings. The molecule has 0 spiro atoms. The Kier molecular flexibility index (Phi) is 4.73. The summed E-state index contributed by atoms with van der Waals surface area (Å²) in [5, 5.41) is 12.1. The van der Waals surface area contributed by atoms with Crippen LogP contribution in [0.15, 0.2) is 24.3 Å². The van der Waals surface area contributed by atoms with E-state index < -0.39 is 5.97 Å². The summed E-state index contributed by atoms with van der Waals surface area (Å²) in [4.78, 5) is 11.1. The van der Waals surface area contributed by atoms with Crippen molar-refractivity contribution in [1.29, 1.82) is 0 Å². The molecule has 86 valence electrons. The second-order valence-corrected chi connectivity index (χ2v) is 3.64. The molecule has 3 heteroatoms. The van der Waals surface area contributed by atoms with Crippen LogP contribution >= 0.6 is 0 Å². The highest BCUT2D eigenvalue weighted by molar-refractivity contribution is 5.93. The van der Waals surface area contributed by atoms with Crippen LogP contribution in [-0.2, 0) is 0 Å². The minimum absolute atomic E-state index is 0.392. The third-order valence-corrected chi connectivity index (χ3v) is 2.38. The van der Waals surface area contributed by atoms with Crippen LogP contribution in [0.25, 0.3) is 6.08 Å². The molecule has 0 atom stereocenters. The van der Waals surface area contributed by atoms with Crippen LogP contribution < -0.4 is 5.32 Å². The van der Waals surface area contributed by atoms with E-state index in [9.17, 15) is 4.79 Å². The van der Waals surface area contributed by atoms with Crippen molar-refractivity contribution in [3.8, 4) is 0 Å². The number of carbonyl (C=O) groups is 1. The first-order valence-corrected chi connectivity index (χ1v) is 5.31. The molecular formula is C13H17NO2. The predicted molar refractivity (Wildman–Crippen MR) is 65.7 cm³/mol. The van der Waals surface area contributed by atoms with Crippen LogP contribution in [0, 0.1) is 6.92 Å². The van der Waals surface area contributed by atoms with E-state index in [1.165, 1.54) is 0 Å². The summed E-state index contributed by atoms with van der Waals surface area (Å²) >= 11 is 0. The number of rotatable bonds is 5. The highest BCUT2D eigenvalue weighted by Crippen LogP contribution is 2.15. The Hall–Kier alpha value is -1.61. The maximum absolute atomic E-state index is 11.1. The molecular weight excluding hydrogens is 202 g/mol. The number of hydrogen-bond acceptors (Lipinski definition) is 2. The minimum Gasteiger partial charge on any atom is -0.478 e. The monoisotopic (exact) mass is 219 g/mol. The van der Waals surface area contributed by atoms with E-state index in [1.807, 2.05) is 44.3 Å². The Morgan fingerprint density at radius 3 is 2.88 bits per heavy atom. The maximum atomic E-state index is 11.1. The SMILES string of the molecule is CNCCC=Cc1cccc(C)c1C(=O)O. The molecule has 16 heavy (non-hydrogen) atoms. The zero-order valence-corrected chi connectivity index (χ0v) is 9.66. The molecule has 1 aromatic carbocycles. The fraction of sp³-hybridized carbons (Fsp3) is 0.308. The first-order chi connectivity index (χ1) is 7.66. The molecule has 1 rings (SSSR count). The molecule has 0 saturated carbocycles. The lowest BCUT2D eigenvalue weighted by Crippen LogP contribution is -2.06. The quantitative estimate of drug-likeness (QED) is 0.747. The normalized spacial score (nSPS) is 10.9. The fourth-order valence-corrected chi connectivity index (χ4v) is 1.56. The Bertz CT molecular complexity index is 397. The topological polar surface area (TPSA) is 49.3 Å². The van der Waals surface area contributed by atoms with Crippen molar-refractivity contribution in [2.75, 3.05) is 13.6 Å². The van der Waals surface area contributed by atoms with Crippen molar-refractivity contribution < 1.29 is 9.90 Å². The molecule has 0 heterocycles. The first-order valence-electron chi connectivity index (χ1n) is 5.31. The average molecular weight is 219 g/mol. The number of carboxylic acids is 1. The number of carboxylic acid groups (broad SMARTS) is 1. The van der Waals surface area contributed by atoms with Crippen LogP contribution in [0.1, 0.15) is 27.9 Å². The summed E-state index contributed by atoms with van der Waals surface area (Å²) < 4.78 is 0. The highest BCUT2D eigenvalue weighted by Gasteiger charge is 2.10. The molecule has 0 bridgehead atoms. The van der Waals surface area contributed by atoms with Crippen LogP contribution in [0.2, 0.25) is 0 Å². The van der Waals surface area contributed by atoms with E-state index >= 15 is 0 Å². The molecule has 1 aromatic rings. The van der Waals surface area contributed by atoms with E-state index in [-0.39, 0.29) is 0 Å². The Morgan fingerprint density at radius 1 is 1.50 bits per heavy atom. The molecule has 0 aliphatic carbocycles. The molecule has 0 aliphatic heterocycles. The largest absolute Gasteiger partial charge is 0.478 e. The smallest absolute Gasteiger partial charge is 0.336 e. The second kappa shape index (κ2) is 6.08. The standard InChI is InChI=1S/C13H17NO2/c1-10-6-5-8-11(12(10)13(15)16)7-3-4-9-14-2/h3,5-8,14H,4,9H2,1-2H3,(H,15,16). The summed E-state index contributed by atoms with van der Waals surface area (Å²) in [6, 6.07) is 5.51. The van der Waals surface area contributed by atoms with Gasteiger partial charge < -0.3 is 10.4 Å². The zero-order valence-electron chi connectivity index (χ0n) is 9.66. The van der Waals surface area contributed by atoms with Gasteiger partial charge in [-0.1, -0.05) is 30.4 Å². The molecule has 0 radical (unpaired) electrons. The van der Waals surface area contributed by atoms with Crippen LogP contribution in [0.3, 0.4) is 0 Å². The van der Waals surface area contributed by atoms with Gasteiger partial charge in [-0.05, 0) is 38.1 Å². The van der Waals surface area contributed by atoms with Crippen molar-refractivity contribution >= 4 is 12.0 Å². The van der Waals surface area contributed by atoms with Crippen LogP contribution in [0.5, 0.6) is 0 Å². The van der Waals surface area contributed by atoms with Gasteiger partial charge in [-0.2, -0.15) is 0 Å². The van der Waals surface area contributed by atoms with Crippen molar-refractivity contribution in [1.82, 2.24) is 5.32 Å². The summed E-state index contributed by atoms with van der Waals surface area (Å²) in [6.45, 7) is 2.71. The number of aryl methyl sites for hydroxylation is 1. The van der Waals surface area contributed by atoms with Crippen molar-refractivity contribution in [2.45, 2.75) is 13.3 Å². The highest BCUT2D eigenvalue weighted by atomic mass is 16.4. The van der Waals surface area contributed by atoms with E-state index in [4.69, 9.17) is 5.11 Å². The van der Waals surface area contributed by atoms with E-state index in [0.717, 1.165) is 24.1 Å². The second-order valence-electron chi connectivity index (χ2n) is 3.64. The van der Waals surface area contributed by atoms with Gasteiger partial charge >= 0.3 is 5.97 Å². The summed E-state index contributed by atoms with van der Waals surface area (Å²) in [5.41, 5.74) is 1.95. The summed E-state index contributed by atoms with van der Waals surface area (Å²) in [5.74, 6) is -0.869. The third kappa shape index (κ3) is 3.21. The minimum atomic E-state index is -0.869. The molecule has 0 aromatic heterocycles. The molecule has 2 N–H and O–H groups in total. The number of benzene rings is 1. The van der Waals surface area contributed by atoms with Gasteiger partial charge in [0.1, 0.15) is 0 Å². The van der Waals surface area contributed by atoms with E-state index in [2.05, 4.69) is 5.32 Å². The van der Waals surface area contributed by atoms with Gasteiger partial charge in [-0.25, -0.2) is 4.79 Å². The Labute approximate surface area is 95.8 Å².